The number of likely N-dealkylation sites (N-methyl/N-ethyl adjacent to an activating group) is 1. The lowest BCUT2D eigenvalue weighted by atomic mass is 9.98. The molecule has 4 aromatic rings. The third-order valence-corrected chi connectivity index (χ3v) is 7.41. The molecule has 4 heterocycles. The van der Waals surface area contributed by atoms with Gasteiger partial charge >= 0.3 is 0 Å². The van der Waals surface area contributed by atoms with Gasteiger partial charge < -0.3 is 24.8 Å². The Morgan fingerprint density at radius 2 is 1.87 bits per heavy atom. The second kappa shape index (κ2) is 9.23. The number of primary amides is 1. The van der Waals surface area contributed by atoms with Crippen molar-refractivity contribution in [2.45, 2.75) is 31.7 Å². The maximum Gasteiger partial charge on any atom is 0.269 e. The molecule has 1 saturated heterocycles. The molecule has 6 rings (SSSR count). The van der Waals surface area contributed by atoms with Gasteiger partial charge in [0, 0.05) is 63.4 Å². The standard InChI is InChI=1S/C28H28N6O4/c1-32-11-10-28(37,27(32)36)23-15-21(31-38-23)19-8-5-9-20(14-19)26-30-24(25(29)35)22-17-33(12-13-34(22)26)16-18-6-3-2-4-7-18/h2-9,14-15,37H,10-13,16-17H2,1H3,(H2,29,35). The van der Waals surface area contributed by atoms with Crippen molar-refractivity contribution in [1.29, 1.82) is 0 Å². The SMILES string of the molecule is CN1CCC(O)(c2cc(-c3cccc(-c4nc(C(N)=O)c5n4CCN(Cc4ccccc4)C5)c3)no2)C1=O. The van der Waals surface area contributed by atoms with E-state index in [1.807, 2.05) is 42.5 Å². The van der Waals surface area contributed by atoms with Gasteiger partial charge in [-0.25, -0.2) is 4.98 Å². The van der Waals surface area contributed by atoms with Crippen LogP contribution in [0.15, 0.2) is 65.2 Å². The molecule has 194 valence electrons. The highest BCUT2D eigenvalue weighted by Crippen LogP contribution is 2.36. The molecule has 2 aromatic carbocycles. The van der Waals surface area contributed by atoms with E-state index in [9.17, 15) is 14.7 Å². The fraction of sp³-hybridized carbons (Fsp3) is 0.286. The van der Waals surface area contributed by atoms with E-state index in [1.54, 1.807) is 13.1 Å². The average molecular weight is 513 g/mol. The second-order valence-corrected chi connectivity index (χ2v) is 9.94. The van der Waals surface area contributed by atoms with Gasteiger partial charge in [0.15, 0.2) is 11.5 Å². The highest BCUT2D eigenvalue weighted by Gasteiger charge is 2.48. The monoisotopic (exact) mass is 512 g/mol. The van der Waals surface area contributed by atoms with Crippen LogP contribution in [0, 0.1) is 0 Å². The number of amides is 2. The molecule has 10 heteroatoms. The number of aliphatic hydroxyl groups is 1. The minimum Gasteiger partial charge on any atom is -0.373 e. The van der Waals surface area contributed by atoms with E-state index in [0.29, 0.717) is 31.2 Å². The lowest BCUT2D eigenvalue weighted by Crippen LogP contribution is -2.35. The zero-order valence-corrected chi connectivity index (χ0v) is 21.0. The molecular weight excluding hydrogens is 484 g/mol. The molecule has 0 saturated carbocycles. The van der Waals surface area contributed by atoms with E-state index >= 15 is 0 Å². The van der Waals surface area contributed by atoms with Gasteiger partial charge in [-0.15, -0.1) is 0 Å². The molecule has 2 amide bonds. The van der Waals surface area contributed by atoms with Gasteiger partial charge in [-0.2, -0.15) is 0 Å². The molecule has 2 aromatic heterocycles. The first-order chi connectivity index (χ1) is 18.3. The maximum absolute atomic E-state index is 12.5. The van der Waals surface area contributed by atoms with E-state index in [4.69, 9.17) is 10.3 Å². The van der Waals surface area contributed by atoms with Gasteiger partial charge in [-0.1, -0.05) is 53.7 Å². The molecular formula is C28H28N6O4. The second-order valence-electron chi connectivity index (χ2n) is 9.94. The number of rotatable bonds is 6. The zero-order chi connectivity index (χ0) is 26.4. The van der Waals surface area contributed by atoms with Crippen LogP contribution in [-0.4, -0.2) is 61.6 Å². The van der Waals surface area contributed by atoms with Crippen LogP contribution in [-0.2, 0) is 30.0 Å². The Kier molecular flexibility index (Phi) is 5.85. The minimum absolute atomic E-state index is 0.125. The van der Waals surface area contributed by atoms with Crippen molar-refractivity contribution in [3.05, 3.63) is 83.4 Å². The van der Waals surface area contributed by atoms with Gasteiger partial charge in [0.25, 0.3) is 11.8 Å². The first kappa shape index (κ1) is 24.1. The Labute approximate surface area is 219 Å². The number of carbonyl (C=O) groups excluding carboxylic acids is 2. The fourth-order valence-electron chi connectivity index (χ4n) is 5.32. The van der Waals surface area contributed by atoms with E-state index in [2.05, 4.69) is 31.7 Å². The Morgan fingerprint density at radius 3 is 2.61 bits per heavy atom. The molecule has 2 aliphatic rings. The van der Waals surface area contributed by atoms with Crippen LogP contribution >= 0.6 is 0 Å². The van der Waals surface area contributed by atoms with Gasteiger partial charge in [0.2, 0.25) is 5.60 Å². The molecule has 2 aliphatic heterocycles. The highest BCUT2D eigenvalue weighted by molar-refractivity contribution is 5.93. The first-order valence-corrected chi connectivity index (χ1v) is 12.5. The van der Waals surface area contributed by atoms with E-state index in [0.717, 1.165) is 29.9 Å². The number of nitrogens with zero attached hydrogens (tertiary/aromatic N) is 5. The molecule has 3 N–H and O–H groups in total. The van der Waals surface area contributed by atoms with Crippen molar-refractivity contribution in [1.82, 2.24) is 24.5 Å². The summed E-state index contributed by atoms with van der Waals surface area (Å²) in [4.78, 5) is 33.2. The van der Waals surface area contributed by atoms with Crippen molar-refractivity contribution >= 4 is 11.8 Å². The smallest absolute Gasteiger partial charge is 0.269 e. The topological polar surface area (TPSA) is 131 Å². The average Bonchev–Trinajstić information content (AvgIpc) is 3.63. The zero-order valence-electron chi connectivity index (χ0n) is 21.0. The van der Waals surface area contributed by atoms with Gasteiger partial charge in [0.05, 0.1) is 5.69 Å². The minimum atomic E-state index is -1.71. The molecule has 0 spiro atoms. The highest BCUT2D eigenvalue weighted by atomic mass is 16.5. The molecule has 10 nitrogen and oxygen atoms in total. The maximum atomic E-state index is 12.5. The summed E-state index contributed by atoms with van der Waals surface area (Å²) >= 11 is 0. The number of imidazole rings is 1. The number of carbonyl (C=O) groups is 2. The first-order valence-electron chi connectivity index (χ1n) is 12.5. The summed E-state index contributed by atoms with van der Waals surface area (Å²) in [5.74, 6) is -0.179. The normalized spacial score (nSPS) is 19.6. The number of hydrogen-bond acceptors (Lipinski definition) is 7. The molecule has 1 atom stereocenters. The van der Waals surface area contributed by atoms with Crippen LogP contribution in [0.5, 0.6) is 0 Å². The third-order valence-electron chi connectivity index (χ3n) is 7.41. The van der Waals surface area contributed by atoms with Crippen LogP contribution in [0.4, 0.5) is 0 Å². The number of nitrogens with two attached hydrogens (primary N) is 1. The van der Waals surface area contributed by atoms with Crippen LogP contribution < -0.4 is 5.73 Å². The predicted octanol–water partition coefficient (Wildman–Crippen LogP) is 2.37. The Bertz CT molecular complexity index is 1530. The Hall–Kier alpha value is -4.28. The van der Waals surface area contributed by atoms with Crippen LogP contribution in [0.25, 0.3) is 22.6 Å². The summed E-state index contributed by atoms with van der Waals surface area (Å²) in [6, 6.07) is 19.4. The van der Waals surface area contributed by atoms with E-state index < -0.39 is 17.4 Å². The molecule has 0 aliphatic carbocycles. The molecule has 1 unspecified atom stereocenters. The molecule has 0 radical (unpaired) electrons. The van der Waals surface area contributed by atoms with Crippen molar-refractivity contribution in [2.24, 2.45) is 5.73 Å². The summed E-state index contributed by atoms with van der Waals surface area (Å²) in [6.45, 7) is 3.24. The van der Waals surface area contributed by atoms with Gasteiger partial charge in [0.1, 0.15) is 11.5 Å². The Morgan fingerprint density at radius 1 is 1.08 bits per heavy atom. The summed E-state index contributed by atoms with van der Waals surface area (Å²) in [7, 11) is 1.65. The number of benzene rings is 2. The lowest BCUT2D eigenvalue weighted by Gasteiger charge is -2.29. The van der Waals surface area contributed by atoms with Crippen LogP contribution in [0.2, 0.25) is 0 Å². The summed E-state index contributed by atoms with van der Waals surface area (Å²) < 4.78 is 7.48. The number of hydrogen-bond donors (Lipinski definition) is 2. The molecule has 0 bridgehead atoms. The fourth-order valence-corrected chi connectivity index (χ4v) is 5.32. The van der Waals surface area contributed by atoms with Crippen molar-refractivity contribution in [3.8, 4) is 22.6 Å². The van der Waals surface area contributed by atoms with Crippen molar-refractivity contribution in [2.75, 3.05) is 20.1 Å². The molecule has 1 fully saturated rings. The van der Waals surface area contributed by atoms with Crippen LogP contribution in [0.1, 0.15) is 33.9 Å². The third kappa shape index (κ3) is 4.07. The number of likely N-dealkylation sites (tertiary alicyclic amines) is 1. The van der Waals surface area contributed by atoms with Gasteiger partial charge in [-0.3, -0.25) is 14.5 Å². The van der Waals surface area contributed by atoms with Crippen molar-refractivity contribution < 1.29 is 19.2 Å². The quantitative estimate of drug-likeness (QED) is 0.406. The van der Waals surface area contributed by atoms with Crippen LogP contribution in [0.3, 0.4) is 0 Å². The predicted molar refractivity (Wildman–Crippen MR) is 138 cm³/mol. The van der Waals surface area contributed by atoms with E-state index in [-0.39, 0.29) is 17.9 Å². The Balaban J connectivity index is 1.31. The van der Waals surface area contributed by atoms with Crippen molar-refractivity contribution in [3.63, 3.8) is 0 Å². The van der Waals surface area contributed by atoms with E-state index in [1.165, 1.54) is 10.5 Å². The lowest BCUT2D eigenvalue weighted by molar-refractivity contribution is -0.144. The number of fused-ring (bicyclic) bond motifs is 1. The molecule has 38 heavy (non-hydrogen) atoms. The summed E-state index contributed by atoms with van der Waals surface area (Å²) in [5.41, 5.74) is 8.34. The van der Waals surface area contributed by atoms with Gasteiger partial charge in [-0.05, 0) is 11.6 Å². The summed E-state index contributed by atoms with van der Waals surface area (Å²) in [5, 5.41) is 15.0. The largest absolute Gasteiger partial charge is 0.373 e. The summed E-state index contributed by atoms with van der Waals surface area (Å²) in [6.07, 6.45) is 0.244. The number of aromatic nitrogens is 3.